The number of pyridine rings is 2. The van der Waals surface area contributed by atoms with Gasteiger partial charge in [-0.15, -0.1) is 0 Å². The number of fused-ring (bicyclic) bond motifs is 21. The van der Waals surface area contributed by atoms with Crippen LogP contribution in [0.5, 0.6) is 0 Å². The Morgan fingerprint density at radius 2 is 1.25 bits per heavy atom. The van der Waals surface area contributed by atoms with E-state index in [2.05, 4.69) is 243 Å². The van der Waals surface area contributed by atoms with E-state index in [1.54, 1.807) is 0 Å². The number of imidazole rings is 1. The molecule has 0 saturated carbocycles. The van der Waals surface area contributed by atoms with Gasteiger partial charge in [-0.2, -0.15) is 13.5 Å². The molecule has 344 valence electrons. The quantitative estimate of drug-likeness (QED) is 0.120. The molecule has 1 aliphatic carbocycles. The van der Waals surface area contributed by atoms with Crippen LogP contribution in [0.1, 0.15) is 79.4 Å². The van der Waals surface area contributed by atoms with Crippen LogP contribution in [0.4, 0.5) is 0 Å². The van der Waals surface area contributed by atoms with Crippen LogP contribution in [-0.4, -0.2) is 12.6 Å². The second-order valence-corrected chi connectivity index (χ2v) is 27.1. The molecule has 2 atom stereocenters. The fraction of sp³-hybridized carbons (Fsp3) is 0.182. The maximum Gasteiger partial charge on any atom is 0.304 e. The molecule has 0 amide bonds. The molecular formula is C66H57N3OSi+2. The van der Waals surface area contributed by atoms with E-state index in [-0.39, 0.29) is 23.8 Å². The van der Waals surface area contributed by atoms with Gasteiger partial charge < -0.3 is 4.42 Å². The molecule has 8 aromatic carbocycles. The zero-order valence-electron chi connectivity index (χ0n) is 41.6. The van der Waals surface area contributed by atoms with E-state index in [0.717, 1.165) is 33.9 Å². The fourth-order valence-corrected chi connectivity index (χ4v) is 13.9. The molecule has 12 aromatic rings. The highest BCUT2D eigenvalue weighted by Crippen LogP contribution is 2.53. The van der Waals surface area contributed by atoms with E-state index in [1.807, 2.05) is 0 Å². The molecule has 0 saturated heterocycles. The van der Waals surface area contributed by atoms with Gasteiger partial charge in [0.25, 0.3) is 0 Å². The van der Waals surface area contributed by atoms with Crippen LogP contribution in [0.25, 0.3) is 99.4 Å². The molecule has 4 aromatic heterocycles. The molecule has 0 N–H and O–H groups in total. The molecule has 4 nitrogen and oxygen atoms in total. The Bertz CT molecular complexity index is 4160. The highest BCUT2D eigenvalue weighted by Gasteiger charge is 2.51. The maximum absolute atomic E-state index is 7.49. The molecule has 5 heteroatoms. The third-order valence-corrected chi connectivity index (χ3v) is 18.3. The van der Waals surface area contributed by atoms with Gasteiger partial charge >= 0.3 is 5.65 Å². The number of hydrogen-bond donors (Lipinski definition) is 0. The summed E-state index contributed by atoms with van der Waals surface area (Å²) < 4.78 is 15.6. The van der Waals surface area contributed by atoms with Gasteiger partial charge in [-0.1, -0.05) is 163 Å². The summed E-state index contributed by atoms with van der Waals surface area (Å²) in [6.45, 7) is 16.9. The monoisotopic (exact) mass is 935 g/mol. The number of benzene rings is 8. The van der Waals surface area contributed by atoms with Crippen LogP contribution >= 0.6 is 0 Å². The Hall–Kier alpha value is -7.60. The summed E-state index contributed by atoms with van der Waals surface area (Å²) in [7, 11) is -1.66. The second-order valence-electron chi connectivity index (χ2n) is 22.0. The first-order valence-electron chi connectivity index (χ1n) is 25.7. The summed E-state index contributed by atoms with van der Waals surface area (Å²) in [5, 5.41) is 8.68. The van der Waals surface area contributed by atoms with Crippen molar-refractivity contribution in [1.29, 1.82) is 0 Å². The SMILES string of the molecule is CC(C)c1cc(-c2ccccc2)cc(C(C)C)c1-n1c2c3ccccc3ccc2[n+]2c3c(c4ccc5c6ccc(-c7ccccc7)cc6oc5c4c12)C1c2ccccc2-c2ccc([Si](C)(C)C)c[n+]2C1C3. The molecule has 2 aliphatic rings. The minimum atomic E-state index is -1.66. The summed E-state index contributed by atoms with van der Waals surface area (Å²) in [6, 6.07) is 66.3. The van der Waals surface area contributed by atoms with Crippen LogP contribution in [0.2, 0.25) is 19.6 Å². The van der Waals surface area contributed by atoms with Crippen molar-refractivity contribution < 1.29 is 13.4 Å². The minimum absolute atomic E-state index is 0.128. The summed E-state index contributed by atoms with van der Waals surface area (Å²) in [4.78, 5) is 0. The molecule has 0 radical (unpaired) electrons. The first-order chi connectivity index (χ1) is 34.5. The lowest BCUT2D eigenvalue weighted by Gasteiger charge is -2.27. The van der Waals surface area contributed by atoms with Gasteiger partial charge in [-0.3, -0.25) is 0 Å². The van der Waals surface area contributed by atoms with Crippen LogP contribution < -0.4 is 14.2 Å². The smallest absolute Gasteiger partial charge is 0.304 e. The molecule has 71 heavy (non-hydrogen) atoms. The van der Waals surface area contributed by atoms with Crippen molar-refractivity contribution in [3.63, 3.8) is 0 Å². The Labute approximate surface area is 416 Å². The molecule has 14 rings (SSSR count). The Morgan fingerprint density at radius 1 is 0.592 bits per heavy atom. The predicted molar refractivity (Wildman–Crippen MR) is 297 cm³/mol. The Kier molecular flexibility index (Phi) is 9.20. The third kappa shape index (κ3) is 6.15. The van der Waals surface area contributed by atoms with Crippen molar-refractivity contribution >= 4 is 73.4 Å². The number of hydrogen-bond acceptors (Lipinski definition) is 1. The van der Waals surface area contributed by atoms with Crippen LogP contribution in [-0.2, 0) is 6.42 Å². The number of nitrogens with zero attached hydrogens (tertiary/aromatic N) is 3. The number of aromatic nitrogens is 3. The highest BCUT2D eigenvalue weighted by molar-refractivity contribution is 6.88. The first-order valence-corrected chi connectivity index (χ1v) is 29.2. The Morgan fingerprint density at radius 3 is 1.99 bits per heavy atom. The topological polar surface area (TPSA) is 26.1 Å². The van der Waals surface area contributed by atoms with E-state index in [1.165, 1.54) is 105 Å². The molecule has 1 aliphatic heterocycles. The van der Waals surface area contributed by atoms with Crippen LogP contribution in [0.3, 0.4) is 0 Å². The van der Waals surface area contributed by atoms with Crippen molar-refractivity contribution in [3.8, 4) is 39.2 Å². The van der Waals surface area contributed by atoms with E-state index in [9.17, 15) is 0 Å². The van der Waals surface area contributed by atoms with Gasteiger partial charge in [0.15, 0.2) is 28.9 Å². The molecule has 2 unspecified atom stereocenters. The van der Waals surface area contributed by atoms with Gasteiger partial charge in [0.05, 0.1) is 26.0 Å². The average molecular weight is 936 g/mol. The predicted octanol–water partition coefficient (Wildman–Crippen LogP) is 15.9. The standard InChI is InChI=1S/C66H57N3OSi/c1-39(2)53-34-45(42-20-12-9-13-21-42)35-54(40(3)4)63(53)69-64-47-23-15-14-22-43(47)27-32-56(64)68-58-37-57-60(50-25-17-16-24-48(50)55-33-28-46(38-67(55)57)71(5,6)7)61(58)52-31-30-51-49-29-26-44(41-18-10-8-11-19-41)36-59(49)70-65(51)62(52)66(68)69/h8-36,38-40,57,60H,37H2,1-7H3/q+2. The van der Waals surface area contributed by atoms with E-state index < -0.39 is 8.07 Å². The van der Waals surface area contributed by atoms with Gasteiger partial charge in [0.1, 0.15) is 22.4 Å². The van der Waals surface area contributed by atoms with E-state index in [0.29, 0.717) is 0 Å². The molecule has 0 bridgehead atoms. The zero-order valence-corrected chi connectivity index (χ0v) is 42.6. The number of furan rings is 1. The number of rotatable bonds is 6. The van der Waals surface area contributed by atoms with Crippen molar-refractivity contribution in [3.05, 3.63) is 210 Å². The fourth-order valence-electron chi connectivity index (χ4n) is 12.8. The molecule has 0 fully saturated rings. The van der Waals surface area contributed by atoms with Crippen molar-refractivity contribution in [2.75, 3.05) is 0 Å². The lowest BCUT2D eigenvalue weighted by atomic mass is 9.81. The van der Waals surface area contributed by atoms with E-state index >= 15 is 0 Å². The van der Waals surface area contributed by atoms with Crippen LogP contribution in [0.15, 0.2) is 187 Å². The zero-order chi connectivity index (χ0) is 48.0. The summed E-state index contributed by atoms with van der Waals surface area (Å²) >= 11 is 0. The van der Waals surface area contributed by atoms with E-state index in [4.69, 9.17) is 4.42 Å². The minimum Gasteiger partial charge on any atom is -0.455 e. The third-order valence-electron chi connectivity index (χ3n) is 16.2. The maximum atomic E-state index is 7.49. The average Bonchev–Trinajstić information content (AvgIpc) is 4.09. The first kappa shape index (κ1) is 42.3. The van der Waals surface area contributed by atoms with Gasteiger partial charge in [-0.05, 0) is 99.6 Å². The normalized spacial score (nSPS) is 15.5. The molecular weight excluding hydrogens is 879 g/mol. The largest absolute Gasteiger partial charge is 0.455 e. The summed E-state index contributed by atoms with van der Waals surface area (Å²) in [6.07, 6.45) is 3.44. The summed E-state index contributed by atoms with van der Waals surface area (Å²) in [5.41, 5.74) is 21.1. The van der Waals surface area contributed by atoms with Gasteiger partial charge in [0, 0.05) is 49.5 Å². The second kappa shape index (κ2) is 15.4. The summed E-state index contributed by atoms with van der Waals surface area (Å²) in [5.74, 6) is 0.590. The molecule has 5 heterocycles. The lowest BCUT2D eigenvalue weighted by molar-refractivity contribution is -0.715. The van der Waals surface area contributed by atoms with Crippen molar-refractivity contribution in [2.24, 2.45) is 0 Å². The van der Waals surface area contributed by atoms with Gasteiger partial charge in [-0.25, -0.2) is 0 Å². The van der Waals surface area contributed by atoms with Gasteiger partial charge in [0.2, 0.25) is 5.69 Å². The van der Waals surface area contributed by atoms with Crippen molar-refractivity contribution in [2.45, 2.75) is 77.6 Å². The van der Waals surface area contributed by atoms with Crippen LogP contribution in [0, 0.1) is 0 Å². The highest BCUT2D eigenvalue weighted by atomic mass is 28.3. The molecule has 0 spiro atoms. The lowest BCUT2D eigenvalue weighted by Crippen LogP contribution is -2.52. The van der Waals surface area contributed by atoms with Crippen molar-refractivity contribution in [1.82, 2.24) is 4.57 Å². The Balaban J connectivity index is 1.20.